The SMILES string of the molecule is Cc1nc(-c2cccc(-c3nc(C4(N)CCC4)no3)c2)n[nH]1. The molecule has 1 aliphatic carbocycles. The Kier molecular flexibility index (Phi) is 2.83. The van der Waals surface area contributed by atoms with Gasteiger partial charge < -0.3 is 10.3 Å². The minimum Gasteiger partial charge on any atom is -0.334 e. The van der Waals surface area contributed by atoms with Crippen LogP contribution in [0.3, 0.4) is 0 Å². The molecule has 2 heterocycles. The van der Waals surface area contributed by atoms with Crippen molar-refractivity contribution >= 4 is 0 Å². The number of nitrogens with one attached hydrogen (secondary N) is 1. The molecule has 7 nitrogen and oxygen atoms in total. The van der Waals surface area contributed by atoms with E-state index < -0.39 is 5.54 Å². The Balaban J connectivity index is 1.68. The van der Waals surface area contributed by atoms with Gasteiger partial charge in [-0.05, 0) is 38.3 Å². The molecule has 22 heavy (non-hydrogen) atoms. The summed E-state index contributed by atoms with van der Waals surface area (Å²) in [5, 5.41) is 11.0. The molecule has 0 aliphatic heterocycles. The molecule has 1 aliphatic rings. The van der Waals surface area contributed by atoms with Gasteiger partial charge in [-0.1, -0.05) is 17.3 Å². The first-order valence-corrected chi connectivity index (χ1v) is 7.27. The summed E-state index contributed by atoms with van der Waals surface area (Å²) in [5.41, 5.74) is 7.54. The molecule has 1 saturated carbocycles. The van der Waals surface area contributed by atoms with Crippen LogP contribution in [-0.2, 0) is 5.54 Å². The highest BCUT2D eigenvalue weighted by atomic mass is 16.5. The van der Waals surface area contributed by atoms with E-state index in [2.05, 4.69) is 25.3 Å². The first-order chi connectivity index (χ1) is 10.6. The highest BCUT2D eigenvalue weighted by Gasteiger charge is 2.39. The van der Waals surface area contributed by atoms with Crippen molar-refractivity contribution < 1.29 is 4.52 Å². The van der Waals surface area contributed by atoms with Crippen LogP contribution in [0.25, 0.3) is 22.8 Å². The normalized spacial score (nSPS) is 16.5. The molecular formula is C15H16N6O. The van der Waals surface area contributed by atoms with Gasteiger partial charge in [-0.15, -0.1) is 0 Å². The topological polar surface area (TPSA) is 107 Å². The maximum atomic E-state index is 6.23. The van der Waals surface area contributed by atoms with Crippen LogP contribution in [0, 0.1) is 6.92 Å². The van der Waals surface area contributed by atoms with Gasteiger partial charge in [0.2, 0.25) is 0 Å². The van der Waals surface area contributed by atoms with Gasteiger partial charge >= 0.3 is 0 Å². The molecule has 4 rings (SSSR count). The van der Waals surface area contributed by atoms with Crippen molar-refractivity contribution in [2.45, 2.75) is 31.7 Å². The maximum absolute atomic E-state index is 6.23. The van der Waals surface area contributed by atoms with Crippen LogP contribution in [0.1, 0.15) is 30.9 Å². The second-order valence-corrected chi connectivity index (χ2v) is 5.76. The van der Waals surface area contributed by atoms with E-state index in [0.717, 1.165) is 36.2 Å². The van der Waals surface area contributed by atoms with E-state index in [1.165, 1.54) is 0 Å². The fourth-order valence-corrected chi connectivity index (χ4v) is 2.59. The van der Waals surface area contributed by atoms with Crippen LogP contribution in [0.5, 0.6) is 0 Å². The lowest BCUT2D eigenvalue weighted by atomic mass is 9.77. The molecular weight excluding hydrogens is 280 g/mol. The third-order valence-corrected chi connectivity index (χ3v) is 4.08. The van der Waals surface area contributed by atoms with Crippen LogP contribution < -0.4 is 5.73 Å². The fourth-order valence-electron chi connectivity index (χ4n) is 2.59. The van der Waals surface area contributed by atoms with Gasteiger partial charge in [0.1, 0.15) is 5.82 Å². The van der Waals surface area contributed by atoms with E-state index in [1.54, 1.807) is 0 Å². The number of hydrogen-bond acceptors (Lipinski definition) is 6. The Bertz CT molecular complexity index is 817. The second kappa shape index (κ2) is 4.74. The van der Waals surface area contributed by atoms with E-state index in [1.807, 2.05) is 31.2 Å². The number of H-pyrrole nitrogens is 1. The van der Waals surface area contributed by atoms with Crippen molar-refractivity contribution in [1.29, 1.82) is 0 Å². The fraction of sp³-hybridized carbons (Fsp3) is 0.333. The van der Waals surface area contributed by atoms with Crippen LogP contribution in [0.4, 0.5) is 0 Å². The first-order valence-electron chi connectivity index (χ1n) is 7.27. The Hall–Kier alpha value is -2.54. The van der Waals surface area contributed by atoms with Gasteiger partial charge in [0.25, 0.3) is 5.89 Å². The highest BCUT2D eigenvalue weighted by Crippen LogP contribution is 2.37. The van der Waals surface area contributed by atoms with Crippen LogP contribution in [0.2, 0.25) is 0 Å². The molecule has 0 amide bonds. The number of aromatic nitrogens is 5. The molecule has 3 N–H and O–H groups in total. The molecule has 112 valence electrons. The van der Waals surface area contributed by atoms with Crippen molar-refractivity contribution in [3.63, 3.8) is 0 Å². The van der Waals surface area contributed by atoms with Gasteiger partial charge in [-0.25, -0.2) is 4.98 Å². The molecule has 1 aromatic carbocycles. The number of aromatic amines is 1. The van der Waals surface area contributed by atoms with Crippen molar-refractivity contribution in [2.24, 2.45) is 5.73 Å². The molecule has 0 bridgehead atoms. The average molecular weight is 296 g/mol. The number of aryl methyl sites for hydroxylation is 1. The van der Waals surface area contributed by atoms with E-state index >= 15 is 0 Å². The molecule has 1 fully saturated rings. The number of hydrogen-bond donors (Lipinski definition) is 2. The van der Waals surface area contributed by atoms with Gasteiger partial charge in [0, 0.05) is 11.1 Å². The average Bonchev–Trinajstić information content (AvgIpc) is 3.14. The van der Waals surface area contributed by atoms with Gasteiger partial charge in [-0.2, -0.15) is 10.1 Å². The molecule has 2 aromatic heterocycles. The zero-order chi connectivity index (χ0) is 15.2. The van der Waals surface area contributed by atoms with Crippen LogP contribution in [0.15, 0.2) is 28.8 Å². The molecule has 0 atom stereocenters. The van der Waals surface area contributed by atoms with E-state index in [-0.39, 0.29) is 0 Å². The predicted molar refractivity (Wildman–Crippen MR) is 79.6 cm³/mol. The number of nitrogens with zero attached hydrogens (tertiary/aromatic N) is 4. The lowest BCUT2D eigenvalue weighted by Gasteiger charge is -2.34. The summed E-state index contributed by atoms with van der Waals surface area (Å²) >= 11 is 0. The lowest BCUT2D eigenvalue weighted by Crippen LogP contribution is -2.44. The van der Waals surface area contributed by atoms with Crippen molar-refractivity contribution in [2.75, 3.05) is 0 Å². The van der Waals surface area contributed by atoms with Crippen molar-refractivity contribution in [1.82, 2.24) is 25.3 Å². The zero-order valence-corrected chi connectivity index (χ0v) is 12.2. The Morgan fingerprint density at radius 1 is 1.23 bits per heavy atom. The lowest BCUT2D eigenvalue weighted by molar-refractivity contribution is 0.229. The molecule has 7 heteroatoms. The van der Waals surface area contributed by atoms with Crippen molar-refractivity contribution in [3.05, 3.63) is 35.9 Å². The Morgan fingerprint density at radius 2 is 2.05 bits per heavy atom. The van der Waals surface area contributed by atoms with E-state index in [4.69, 9.17) is 10.3 Å². The van der Waals surface area contributed by atoms with Gasteiger partial charge in [0.15, 0.2) is 11.6 Å². The number of benzene rings is 1. The van der Waals surface area contributed by atoms with Gasteiger partial charge in [-0.3, -0.25) is 5.10 Å². The molecule has 0 unspecified atom stereocenters. The molecule has 0 radical (unpaired) electrons. The summed E-state index contributed by atoms with van der Waals surface area (Å²) in [6.45, 7) is 1.87. The minimum absolute atomic E-state index is 0.416. The predicted octanol–water partition coefficient (Wildman–Crippen LogP) is 2.17. The van der Waals surface area contributed by atoms with E-state index in [9.17, 15) is 0 Å². The summed E-state index contributed by atoms with van der Waals surface area (Å²) in [5.74, 6) is 2.48. The zero-order valence-electron chi connectivity index (χ0n) is 12.2. The summed E-state index contributed by atoms with van der Waals surface area (Å²) in [4.78, 5) is 8.79. The monoisotopic (exact) mass is 296 g/mol. The van der Waals surface area contributed by atoms with E-state index in [0.29, 0.717) is 17.5 Å². The second-order valence-electron chi connectivity index (χ2n) is 5.76. The summed E-state index contributed by atoms with van der Waals surface area (Å²) in [7, 11) is 0. The van der Waals surface area contributed by atoms with Crippen LogP contribution in [-0.4, -0.2) is 25.3 Å². The quantitative estimate of drug-likeness (QED) is 0.767. The molecule has 3 aromatic rings. The third kappa shape index (κ3) is 2.10. The first kappa shape index (κ1) is 13.1. The standard InChI is InChI=1S/C15H16N6O/c1-9-17-12(20-19-9)10-4-2-5-11(8-10)13-18-14(21-22-13)15(16)6-3-7-15/h2,4-5,8H,3,6-7,16H2,1H3,(H,17,19,20). The molecule has 0 saturated heterocycles. The number of nitrogens with two attached hydrogens (primary N) is 1. The summed E-state index contributed by atoms with van der Waals surface area (Å²) < 4.78 is 5.38. The highest BCUT2D eigenvalue weighted by molar-refractivity contribution is 5.65. The maximum Gasteiger partial charge on any atom is 0.258 e. The molecule has 0 spiro atoms. The minimum atomic E-state index is -0.416. The Labute approximate surface area is 127 Å². The van der Waals surface area contributed by atoms with Crippen molar-refractivity contribution in [3.8, 4) is 22.8 Å². The van der Waals surface area contributed by atoms with Crippen LogP contribution >= 0.6 is 0 Å². The Morgan fingerprint density at radius 3 is 2.73 bits per heavy atom. The van der Waals surface area contributed by atoms with Gasteiger partial charge in [0.05, 0.1) is 5.54 Å². The smallest absolute Gasteiger partial charge is 0.258 e. The summed E-state index contributed by atoms with van der Waals surface area (Å²) in [6.07, 6.45) is 2.92. The summed E-state index contributed by atoms with van der Waals surface area (Å²) in [6, 6.07) is 7.72. The third-order valence-electron chi connectivity index (χ3n) is 4.08. The number of rotatable bonds is 3. The largest absolute Gasteiger partial charge is 0.334 e.